The highest BCUT2D eigenvalue weighted by Crippen LogP contribution is 2.29. The van der Waals surface area contributed by atoms with Gasteiger partial charge in [-0.1, -0.05) is 6.92 Å². The Hall–Kier alpha value is -1.16. The lowest BCUT2D eigenvalue weighted by atomic mass is 10.3. The second kappa shape index (κ2) is 4.57. The van der Waals surface area contributed by atoms with Crippen LogP contribution < -0.4 is 10.6 Å². The van der Waals surface area contributed by atoms with Crippen LogP contribution in [0.3, 0.4) is 0 Å². The van der Waals surface area contributed by atoms with Gasteiger partial charge in [0.15, 0.2) is 5.82 Å². The second-order valence-electron chi connectivity index (χ2n) is 3.95. The van der Waals surface area contributed by atoms with E-state index in [9.17, 15) is 0 Å². The monoisotopic (exact) mass is 206 g/mol. The average Bonchev–Trinajstić information content (AvgIpc) is 3.10. The predicted molar refractivity (Wildman–Crippen MR) is 60.8 cm³/mol. The first kappa shape index (κ1) is 10.4. The molecule has 4 nitrogen and oxygen atoms in total. The van der Waals surface area contributed by atoms with E-state index in [0.717, 1.165) is 24.5 Å². The quantitative estimate of drug-likeness (QED) is 0.780. The number of rotatable bonds is 5. The van der Waals surface area contributed by atoms with Crippen LogP contribution in [0.25, 0.3) is 0 Å². The maximum absolute atomic E-state index is 5.60. The van der Waals surface area contributed by atoms with Gasteiger partial charge in [-0.3, -0.25) is 0 Å². The zero-order chi connectivity index (χ0) is 10.7. The second-order valence-corrected chi connectivity index (χ2v) is 3.95. The molecule has 0 bridgehead atoms. The molecule has 1 aromatic heterocycles. The van der Waals surface area contributed by atoms with Crippen LogP contribution in [0.1, 0.15) is 25.5 Å². The molecule has 1 fully saturated rings. The molecule has 1 aromatic rings. The molecule has 1 aliphatic carbocycles. The Morgan fingerprint density at radius 3 is 2.67 bits per heavy atom. The first-order valence-corrected chi connectivity index (χ1v) is 5.64. The van der Waals surface area contributed by atoms with E-state index in [4.69, 9.17) is 5.73 Å². The summed E-state index contributed by atoms with van der Waals surface area (Å²) in [6.07, 6.45) is 3.46. The first-order chi connectivity index (χ1) is 7.35. The summed E-state index contributed by atoms with van der Waals surface area (Å²) in [7, 11) is 0. The third-order valence-corrected chi connectivity index (χ3v) is 2.72. The molecule has 1 aliphatic rings. The van der Waals surface area contributed by atoms with Gasteiger partial charge in [0.1, 0.15) is 0 Å². The zero-order valence-corrected chi connectivity index (χ0v) is 9.19. The Balaban J connectivity index is 2.10. The van der Waals surface area contributed by atoms with Crippen molar-refractivity contribution in [1.29, 1.82) is 0 Å². The van der Waals surface area contributed by atoms with Crippen molar-refractivity contribution in [2.24, 2.45) is 5.73 Å². The summed E-state index contributed by atoms with van der Waals surface area (Å²) in [4.78, 5) is 2.27. The molecule has 2 N–H and O–H groups in total. The summed E-state index contributed by atoms with van der Waals surface area (Å²) in [5, 5.41) is 8.43. The van der Waals surface area contributed by atoms with Crippen LogP contribution in [0.5, 0.6) is 0 Å². The Bertz CT molecular complexity index is 305. The minimum absolute atomic E-state index is 0.648. The van der Waals surface area contributed by atoms with E-state index in [1.165, 1.54) is 12.8 Å². The molecule has 2 rings (SSSR count). The van der Waals surface area contributed by atoms with Gasteiger partial charge >= 0.3 is 0 Å². The number of nitrogens with zero attached hydrogens (tertiary/aromatic N) is 3. The number of anilines is 1. The van der Waals surface area contributed by atoms with E-state index in [-0.39, 0.29) is 0 Å². The van der Waals surface area contributed by atoms with Gasteiger partial charge in [-0.05, 0) is 31.4 Å². The lowest BCUT2D eigenvalue weighted by molar-refractivity contribution is 0.753. The summed E-state index contributed by atoms with van der Waals surface area (Å²) in [6.45, 7) is 3.64. The van der Waals surface area contributed by atoms with Crippen LogP contribution in [-0.2, 0) is 6.42 Å². The highest BCUT2D eigenvalue weighted by atomic mass is 15.3. The average molecular weight is 206 g/mol. The molecule has 1 heterocycles. The molecule has 0 radical (unpaired) electrons. The molecule has 0 unspecified atom stereocenters. The van der Waals surface area contributed by atoms with Crippen LogP contribution in [0.4, 0.5) is 5.82 Å². The fourth-order valence-electron chi connectivity index (χ4n) is 1.70. The Morgan fingerprint density at radius 1 is 1.40 bits per heavy atom. The number of nitrogens with two attached hydrogens (primary N) is 1. The van der Waals surface area contributed by atoms with E-state index in [1.54, 1.807) is 0 Å². The summed E-state index contributed by atoms with van der Waals surface area (Å²) in [5.41, 5.74) is 6.64. The summed E-state index contributed by atoms with van der Waals surface area (Å²) in [6, 6.07) is 4.75. The van der Waals surface area contributed by atoms with Crippen LogP contribution in [0.2, 0.25) is 0 Å². The number of aromatic nitrogens is 2. The molecule has 0 aliphatic heterocycles. The largest absolute Gasteiger partial charge is 0.351 e. The molecular weight excluding hydrogens is 188 g/mol. The van der Waals surface area contributed by atoms with Crippen molar-refractivity contribution in [2.45, 2.75) is 32.2 Å². The smallest absolute Gasteiger partial charge is 0.151 e. The van der Waals surface area contributed by atoms with Crippen molar-refractivity contribution in [3.8, 4) is 0 Å². The van der Waals surface area contributed by atoms with Gasteiger partial charge in [-0.25, -0.2) is 0 Å². The molecule has 0 spiro atoms. The van der Waals surface area contributed by atoms with Crippen molar-refractivity contribution in [3.63, 3.8) is 0 Å². The van der Waals surface area contributed by atoms with E-state index in [0.29, 0.717) is 12.6 Å². The molecule has 1 saturated carbocycles. The molecule has 82 valence electrons. The van der Waals surface area contributed by atoms with E-state index in [2.05, 4.69) is 28.1 Å². The third kappa shape index (κ3) is 2.45. The van der Waals surface area contributed by atoms with E-state index >= 15 is 0 Å². The van der Waals surface area contributed by atoms with Gasteiger partial charge in [-0.2, -0.15) is 5.10 Å². The number of aryl methyl sites for hydroxylation is 1. The number of hydrogen-bond acceptors (Lipinski definition) is 4. The third-order valence-electron chi connectivity index (χ3n) is 2.72. The molecule has 15 heavy (non-hydrogen) atoms. The van der Waals surface area contributed by atoms with Gasteiger partial charge in [0.2, 0.25) is 0 Å². The van der Waals surface area contributed by atoms with Gasteiger partial charge in [-0.15, -0.1) is 5.10 Å². The van der Waals surface area contributed by atoms with Crippen molar-refractivity contribution in [2.75, 3.05) is 18.0 Å². The summed E-state index contributed by atoms with van der Waals surface area (Å²) >= 11 is 0. The summed E-state index contributed by atoms with van der Waals surface area (Å²) < 4.78 is 0. The van der Waals surface area contributed by atoms with Crippen molar-refractivity contribution in [1.82, 2.24) is 10.2 Å². The molecule has 0 aromatic carbocycles. The SMILES string of the molecule is CCc1ccc(N(CCN)C2CC2)nn1. The normalized spacial score (nSPS) is 15.3. The topological polar surface area (TPSA) is 55.0 Å². The van der Waals surface area contributed by atoms with Crippen molar-refractivity contribution < 1.29 is 0 Å². The lowest BCUT2D eigenvalue weighted by Gasteiger charge is -2.21. The van der Waals surface area contributed by atoms with Crippen LogP contribution in [0.15, 0.2) is 12.1 Å². The first-order valence-electron chi connectivity index (χ1n) is 5.64. The zero-order valence-electron chi connectivity index (χ0n) is 9.19. The standard InChI is InChI=1S/C11H18N4/c1-2-9-3-6-11(14-13-9)15(8-7-12)10-4-5-10/h3,6,10H,2,4-5,7-8,12H2,1H3. The highest BCUT2D eigenvalue weighted by Gasteiger charge is 2.29. The Morgan fingerprint density at radius 2 is 2.20 bits per heavy atom. The Labute approximate surface area is 90.5 Å². The van der Waals surface area contributed by atoms with Crippen molar-refractivity contribution >= 4 is 5.82 Å². The van der Waals surface area contributed by atoms with Crippen LogP contribution in [-0.4, -0.2) is 29.3 Å². The fraction of sp³-hybridized carbons (Fsp3) is 0.636. The molecule has 0 saturated heterocycles. The minimum atomic E-state index is 0.648. The molecule has 0 atom stereocenters. The van der Waals surface area contributed by atoms with Crippen molar-refractivity contribution in [3.05, 3.63) is 17.8 Å². The fourth-order valence-corrected chi connectivity index (χ4v) is 1.70. The summed E-state index contributed by atoms with van der Waals surface area (Å²) in [5.74, 6) is 0.972. The van der Waals surface area contributed by atoms with Crippen LogP contribution in [0, 0.1) is 0 Å². The van der Waals surface area contributed by atoms with Gasteiger partial charge in [0, 0.05) is 19.1 Å². The van der Waals surface area contributed by atoms with Gasteiger partial charge in [0.05, 0.1) is 5.69 Å². The van der Waals surface area contributed by atoms with E-state index < -0.39 is 0 Å². The molecule has 0 amide bonds. The van der Waals surface area contributed by atoms with Crippen LogP contribution >= 0.6 is 0 Å². The number of hydrogen-bond donors (Lipinski definition) is 1. The van der Waals surface area contributed by atoms with Gasteiger partial charge < -0.3 is 10.6 Å². The predicted octanol–water partition coefficient (Wildman–Crippen LogP) is 0.966. The van der Waals surface area contributed by atoms with E-state index in [1.807, 2.05) is 6.07 Å². The maximum atomic E-state index is 5.60. The molecular formula is C11H18N4. The van der Waals surface area contributed by atoms with Gasteiger partial charge in [0.25, 0.3) is 0 Å². The minimum Gasteiger partial charge on any atom is -0.351 e. The highest BCUT2D eigenvalue weighted by molar-refractivity contribution is 5.40. The maximum Gasteiger partial charge on any atom is 0.151 e. The Kier molecular flexibility index (Phi) is 3.16. The molecule has 4 heteroatoms. The lowest BCUT2D eigenvalue weighted by Crippen LogP contribution is -2.32.